The van der Waals surface area contributed by atoms with Gasteiger partial charge in [0.1, 0.15) is 0 Å². The van der Waals surface area contributed by atoms with Gasteiger partial charge in [0.25, 0.3) is 5.91 Å². The van der Waals surface area contributed by atoms with Gasteiger partial charge in [-0.1, -0.05) is 0 Å². The molecule has 0 radical (unpaired) electrons. The largest absolute Gasteiger partial charge is 0.377 e. The zero-order valence-corrected chi connectivity index (χ0v) is 12.3. The van der Waals surface area contributed by atoms with Crippen LogP contribution in [0.2, 0.25) is 0 Å². The van der Waals surface area contributed by atoms with Crippen LogP contribution in [0.4, 0.5) is 5.69 Å². The van der Waals surface area contributed by atoms with Crippen LogP contribution in [0.15, 0.2) is 30.5 Å². The van der Waals surface area contributed by atoms with E-state index in [9.17, 15) is 4.79 Å². The van der Waals surface area contributed by atoms with E-state index in [-0.39, 0.29) is 11.9 Å². The summed E-state index contributed by atoms with van der Waals surface area (Å²) in [5.74, 6) is -0.0701. The lowest BCUT2D eigenvalue weighted by Gasteiger charge is -2.17. The van der Waals surface area contributed by atoms with Gasteiger partial charge in [-0.25, -0.2) is 0 Å². The lowest BCUT2D eigenvalue weighted by molar-refractivity contribution is 0.0963. The Labute approximate surface area is 119 Å². The number of aromatic nitrogens is 2. The third-order valence-corrected chi connectivity index (χ3v) is 3.39. The molecule has 1 heterocycles. The number of aryl methyl sites for hydroxylation is 2. The van der Waals surface area contributed by atoms with Crippen LogP contribution in [0, 0.1) is 6.92 Å². The first-order chi connectivity index (χ1) is 9.52. The number of anilines is 1. The van der Waals surface area contributed by atoms with Gasteiger partial charge in [-0.3, -0.25) is 9.48 Å². The number of carbonyl (C=O) groups excluding carboxylic acids is 1. The van der Waals surface area contributed by atoms with Crippen molar-refractivity contribution in [3.63, 3.8) is 0 Å². The van der Waals surface area contributed by atoms with Crippen molar-refractivity contribution in [2.45, 2.75) is 19.9 Å². The summed E-state index contributed by atoms with van der Waals surface area (Å²) in [7, 11) is 3.56. The molecule has 0 saturated carbocycles. The molecule has 0 aliphatic heterocycles. The van der Waals surface area contributed by atoms with Gasteiger partial charge in [-0.15, -0.1) is 0 Å². The van der Waals surface area contributed by atoms with Crippen LogP contribution in [0.3, 0.4) is 0 Å². The minimum absolute atomic E-state index is 0.0701. The molecular formula is C15H20N4O. The SMILES string of the molecule is CNC(=O)c1ccc(NC(C)c2ccnn2C)c(C)c1. The van der Waals surface area contributed by atoms with Crippen molar-refractivity contribution in [3.05, 3.63) is 47.3 Å². The summed E-state index contributed by atoms with van der Waals surface area (Å²) >= 11 is 0. The maximum Gasteiger partial charge on any atom is 0.251 e. The molecule has 0 saturated heterocycles. The lowest BCUT2D eigenvalue weighted by atomic mass is 10.1. The van der Waals surface area contributed by atoms with Gasteiger partial charge in [0.15, 0.2) is 0 Å². The highest BCUT2D eigenvalue weighted by Gasteiger charge is 2.11. The summed E-state index contributed by atoms with van der Waals surface area (Å²) in [6.45, 7) is 4.08. The van der Waals surface area contributed by atoms with Gasteiger partial charge in [0.2, 0.25) is 0 Å². The molecule has 0 bridgehead atoms. The molecule has 2 rings (SSSR count). The van der Waals surface area contributed by atoms with Crippen molar-refractivity contribution in [3.8, 4) is 0 Å². The van der Waals surface area contributed by atoms with Crippen molar-refractivity contribution in [2.24, 2.45) is 7.05 Å². The first kappa shape index (κ1) is 14.1. The maximum absolute atomic E-state index is 11.6. The predicted octanol–water partition coefficient (Wildman–Crippen LogP) is 2.26. The van der Waals surface area contributed by atoms with Crippen LogP contribution in [0.1, 0.15) is 34.6 Å². The van der Waals surface area contributed by atoms with Gasteiger partial charge in [0.05, 0.1) is 11.7 Å². The van der Waals surface area contributed by atoms with Crippen LogP contribution >= 0.6 is 0 Å². The number of hydrogen-bond donors (Lipinski definition) is 2. The minimum atomic E-state index is -0.0701. The first-order valence-electron chi connectivity index (χ1n) is 6.60. The Morgan fingerprint density at radius 1 is 1.35 bits per heavy atom. The molecule has 5 heteroatoms. The second-order valence-corrected chi connectivity index (χ2v) is 4.85. The molecule has 20 heavy (non-hydrogen) atoms. The molecule has 0 aliphatic rings. The zero-order chi connectivity index (χ0) is 14.7. The van der Waals surface area contributed by atoms with E-state index >= 15 is 0 Å². The summed E-state index contributed by atoms with van der Waals surface area (Å²) in [5.41, 5.74) is 3.84. The Morgan fingerprint density at radius 3 is 2.65 bits per heavy atom. The van der Waals surface area contributed by atoms with E-state index in [0.717, 1.165) is 16.9 Å². The summed E-state index contributed by atoms with van der Waals surface area (Å²) in [4.78, 5) is 11.6. The molecule has 2 aromatic rings. The fourth-order valence-electron chi connectivity index (χ4n) is 2.23. The number of benzene rings is 1. The third kappa shape index (κ3) is 2.82. The number of hydrogen-bond acceptors (Lipinski definition) is 3. The monoisotopic (exact) mass is 272 g/mol. The molecule has 1 amide bonds. The molecule has 0 aliphatic carbocycles. The maximum atomic E-state index is 11.6. The Morgan fingerprint density at radius 2 is 2.10 bits per heavy atom. The van der Waals surface area contributed by atoms with Gasteiger partial charge in [-0.05, 0) is 43.7 Å². The Balaban J connectivity index is 2.18. The quantitative estimate of drug-likeness (QED) is 0.897. The average Bonchev–Trinajstić information content (AvgIpc) is 2.86. The van der Waals surface area contributed by atoms with Gasteiger partial charge >= 0.3 is 0 Å². The Kier molecular flexibility index (Phi) is 4.08. The van der Waals surface area contributed by atoms with E-state index in [4.69, 9.17) is 0 Å². The van der Waals surface area contributed by atoms with Crippen LogP contribution in [0.25, 0.3) is 0 Å². The average molecular weight is 272 g/mol. The van der Waals surface area contributed by atoms with Gasteiger partial charge in [0, 0.05) is 31.5 Å². The summed E-state index contributed by atoms with van der Waals surface area (Å²) < 4.78 is 1.85. The van der Waals surface area contributed by atoms with Crippen LogP contribution in [-0.4, -0.2) is 22.7 Å². The van der Waals surface area contributed by atoms with E-state index in [1.54, 1.807) is 13.2 Å². The topological polar surface area (TPSA) is 59.0 Å². The van der Waals surface area contributed by atoms with E-state index in [0.29, 0.717) is 5.56 Å². The Hall–Kier alpha value is -2.30. The third-order valence-electron chi connectivity index (χ3n) is 3.39. The standard InChI is InChI=1S/C15H20N4O/c1-10-9-12(15(20)16-3)5-6-13(10)18-11(2)14-7-8-17-19(14)4/h5-9,11,18H,1-4H3,(H,16,20). The molecule has 0 spiro atoms. The molecule has 2 N–H and O–H groups in total. The fraction of sp³-hybridized carbons (Fsp3) is 0.333. The highest BCUT2D eigenvalue weighted by atomic mass is 16.1. The van der Waals surface area contributed by atoms with E-state index < -0.39 is 0 Å². The summed E-state index contributed by atoms with van der Waals surface area (Å²) in [6, 6.07) is 7.78. The van der Waals surface area contributed by atoms with E-state index in [1.165, 1.54) is 0 Å². The van der Waals surface area contributed by atoms with E-state index in [1.807, 2.05) is 42.9 Å². The highest BCUT2D eigenvalue weighted by Crippen LogP contribution is 2.22. The van der Waals surface area contributed by atoms with Crippen molar-refractivity contribution in [1.82, 2.24) is 15.1 Å². The molecule has 5 nitrogen and oxygen atoms in total. The van der Waals surface area contributed by atoms with Gasteiger partial charge < -0.3 is 10.6 Å². The smallest absolute Gasteiger partial charge is 0.251 e. The Bertz CT molecular complexity index is 618. The zero-order valence-electron chi connectivity index (χ0n) is 12.3. The molecule has 1 atom stereocenters. The number of rotatable bonds is 4. The minimum Gasteiger partial charge on any atom is -0.377 e. The van der Waals surface area contributed by atoms with E-state index in [2.05, 4.69) is 22.7 Å². The molecule has 1 unspecified atom stereocenters. The molecule has 0 fully saturated rings. The predicted molar refractivity (Wildman–Crippen MR) is 79.8 cm³/mol. The number of nitrogens with one attached hydrogen (secondary N) is 2. The van der Waals surface area contributed by atoms with Crippen molar-refractivity contribution >= 4 is 11.6 Å². The van der Waals surface area contributed by atoms with Crippen molar-refractivity contribution < 1.29 is 4.79 Å². The summed E-state index contributed by atoms with van der Waals surface area (Å²) in [5, 5.41) is 10.2. The number of carbonyl (C=O) groups is 1. The van der Waals surface area contributed by atoms with Gasteiger partial charge in [-0.2, -0.15) is 5.10 Å². The molecule has 1 aromatic heterocycles. The van der Waals surface area contributed by atoms with Crippen molar-refractivity contribution in [2.75, 3.05) is 12.4 Å². The number of amides is 1. The fourth-order valence-corrected chi connectivity index (χ4v) is 2.23. The second-order valence-electron chi connectivity index (χ2n) is 4.85. The number of nitrogens with zero attached hydrogens (tertiary/aromatic N) is 2. The normalized spacial score (nSPS) is 12.0. The molecular weight excluding hydrogens is 252 g/mol. The van der Waals surface area contributed by atoms with Crippen LogP contribution < -0.4 is 10.6 Å². The van der Waals surface area contributed by atoms with Crippen molar-refractivity contribution in [1.29, 1.82) is 0 Å². The highest BCUT2D eigenvalue weighted by molar-refractivity contribution is 5.94. The summed E-state index contributed by atoms with van der Waals surface area (Å²) in [6.07, 6.45) is 1.79. The second kappa shape index (κ2) is 5.77. The van der Waals surface area contributed by atoms with Crippen LogP contribution in [0.5, 0.6) is 0 Å². The van der Waals surface area contributed by atoms with Crippen LogP contribution in [-0.2, 0) is 7.05 Å². The lowest BCUT2D eigenvalue weighted by Crippen LogP contribution is -2.18. The first-order valence-corrected chi connectivity index (χ1v) is 6.60. The molecule has 106 valence electrons. The molecule has 1 aromatic carbocycles.